The minimum atomic E-state index is -0.453. The molecule has 0 saturated carbocycles. The van der Waals surface area contributed by atoms with E-state index in [9.17, 15) is 9.59 Å². The van der Waals surface area contributed by atoms with E-state index in [1.165, 1.54) is 0 Å². The molecule has 1 heterocycles. The van der Waals surface area contributed by atoms with E-state index in [-0.39, 0.29) is 28.7 Å². The molecular formula is C19H17ClN4O2S. The molecule has 0 atom stereocenters. The van der Waals surface area contributed by atoms with Gasteiger partial charge < -0.3 is 16.4 Å². The molecule has 8 heteroatoms. The molecule has 0 aliphatic rings. The SMILES string of the molecule is Nc1c(C(=O)NCc2ccccc2Cl)nsc1C(=O)NCc1ccccc1. The summed E-state index contributed by atoms with van der Waals surface area (Å²) in [5.74, 6) is -0.815. The minimum absolute atomic E-state index is 0.0388. The molecule has 3 rings (SSSR count). The molecule has 2 aromatic carbocycles. The smallest absolute Gasteiger partial charge is 0.273 e. The van der Waals surface area contributed by atoms with Crippen LogP contribution in [0.5, 0.6) is 0 Å². The van der Waals surface area contributed by atoms with Gasteiger partial charge in [0.15, 0.2) is 5.69 Å². The Morgan fingerprint density at radius 2 is 1.63 bits per heavy atom. The second kappa shape index (κ2) is 8.66. The molecule has 6 nitrogen and oxygen atoms in total. The van der Waals surface area contributed by atoms with E-state index in [0.717, 1.165) is 22.7 Å². The van der Waals surface area contributed by atoms with Gasteiger partial charge in [0.1, 0.15) is 4.88 Å². The predicted octanol–water partition coefficient (Wildman–Crippen LogP) is 3.24. The van der Waals surface area contributed by atoms with Gasteiger partial charge in [-0.15, -0.1) is 0 Å². The molecule has 0 spiro atoms. The van der Waals surface area contributed by atoms with Crippen molar-refractivity contribution in [2.75, 3.05) is 5.73 Å². The average molecular weight is 401 g/mol. The van der Waals surface area contributed by atoms with Crippen molar-refractivity contribution in [2.24, 2.45) is 0 Å². The highest BCUT2D eigenvalue weighted by atomic mass is 35.5. The van der Waals surface area contributed by atoms with Crippen molar-refractivity contribution < 1.29 is 9.59 Å². The zero-order valence-corrected chi connectivity index (χ0v) is 15.8. The lowest BCUT2D eigenvalue weighted by Gasteiger charge is -2.06. The first-order valence-electron chi connectivity index (χ1n) is 8.15. The Hall–Kier alpha value is -2.90. The van der Waals surface area contributed by atoms with Gasteiger partial charge in [0.2, 0.25) is 0 Å². The van der Waals surface area contributed by atoms with Crippen LogP contribution in [0.25, 0.3) is 0 Å². The standard InChI is InChI=1S/C19H17ClN4O2S/c20-14-9-5-4-8-13(14)11-23-18(25)16-15(21)17(27-24-16)19(26)22-10-12-6-2-1-3-7-12/h1-9H,10-11,21H2,(H,22,26)(H,23,25). The fourth-order valence-electron chi connectivity index (χ4n) is 2.38. The van der Waals surface area contributed by atoms with E-state index in [4.69, 9.17) is 17.3 Å². The van der Waals surface area contributed by atoms with Crippen LogP contribution in [0.4, 0.5) is 5.69 Å². The van der Waals surface area contributed by atoms with E-state index in [1.807, 2.05) is 48.5 Å². The van der Waals surface area contributed by atoms with Crippen LogP contribution in [-0.2, 0) is 13.1 Å². The molecule has 0 aliphatic carbocycles. The van der Waals surface area contributed by atoms with Crippen LogP contribution >= 0.6 is 23.1 Å². The summed E-state index contributed by atoms with van der Waals surface area (Å²) in [5.41, 5.74) is 7.83. The summed E-state index contributed by atoms with van der Waals surface area (Å²) < 4.78 is 4.04. The van der Waals surface area contributed by atoms with E-state index < -0.39 is 5.91 Å². The average Bonchev–Trinajstić information content (AvgIpc) is 3.07. The van der Waals surface area contributed by atoms with Crippen LogP contribution < -0.4 is 16.4 Å². The van der Waals surface area contributed by atoms with Crippen molar-refractivity contribution in [3.8, 4) is 0 Å². The van der Waals surface area contributed by atoms with Crippen molar-refractivity contribution in [2.45, 2.75) is 13.1 Å². The van der Waals surface area contributed by atoms with E-state index >= 15 is 0 Å². The lowest BCUT2D eigenvalue weighted by atomic mass is 10.2. The molecule has 2 amide bonds. The van der Waals surface area contributed by atoms with Gasteiger partial charge in [-0.05, 0) is 28.7 Å². The molecule has 1 aromatic heterocycles. The van der Waals surface area contributed by atoms with Crippen LogP contribution in [0, 0.1) is 0 Å². The number of benzene rings is 2. The van der Waals surface area contributed by atoms with Crippen LogP contribution in [0.1, 0.15) is 31.3 Å². The van der Waals surface area contributed by atoms with Crippen LogP contribution in [-0.4, -0.2) is 16.2 Å². The van der Waals surface area contributed by atoms with Crippen molar-refractivity contribution in [1.82, 2.24) is 15.0 Å². The van der Waals surface area contributed by atoms with Crippen molar-refractivity contribution in [3.63, 3.8) is 0 Å². The quantitative estimate of drug-likeness (QED) is 0.591. The highest BCUT2D eigenvalue weighted by Crippen LogP contribution is 2.22. The largest absolute Gasteiger partial charge is 0.395 e. The number of hydrogen-bond donors (Lipinski definition) is 3. The van der Waals surface area contributed by atoms with Crippen LogP contribution in [0.3, 0.4) is 0 Å². The van der Waals surface area contributed by atoms with Gasteiger partial charge in [0.05, 0.1) is 5.69 Å². The van der Waals surface area contributed by atoms with Gasteiger partial charge in [0.25, 0.3) is 11.8 Å². The van der Waals surface area contributed by atoms with Crippen molar-refractivity contribution in [3.05, 3.63) is 81.3 Å². The lowest BCUT2D eigenvalue weighted by molar-refractivity contribution is 0.0946. The number of rotatable bonds is 6. The Bertz CT molecular complexity index is 959. The Balaban J connectivity index is 1.62. The molecule has 0 saturated heterocycles. The van der Waals surface area contributed by atoms with Crippen molar-refractivity contribution >= 4 is 40.6 Å². The van der Waals surface area contributed by atoms with Crippen LogP contribution in [0.15, 0.2) is 54.6 Å². The van der Waals surface area contributed by atoms with Crippen LogP contribution in [0.2, 0.25) is 5.02 Å². The summed E-state index contributed by atoms with van der Waals surface area (Å²) in [6, 6.07) is 16.7. The van der Waals surface area contributed by atoms with E-state index in [2.05, 4.69) is 15.0 Å². The topological polar surface area (TPSA) is 97.1 Å². The maximum absolute atomic E-state index is 12.3. The summed E-state index contributed by atoms with van der Waals surface area (Å²) in [5, 5.41) is 6.05. The highest BCUT2D eigenvalue weighted by Gasteiger charge is 2.22. The number of nitrogens with zero attached hydrogens (tertiary/aromatic N) is 1. The number of halogens is 1. The van der Waals surface area contributed by atoms with Gasteiger partial charge in [-0.1, -0.05) is 60.1 Å². The van der Waals surface area contributed by atoms with Gasteiger partial charge in [-0.25, -0.2) is 0 Å². The van der Waals surface area contributed by atoms with Gasteiger partial charge in [-0.2, -0.15) is 4.37 Å². The number of anilines is 1. The molecule has 0 radical (unpaired) electrons. The minimum Gasteiger partial charge on any atom is -0.395 e. The zero-order chi connectivity index (χ0) is 19.2. The van der Waals surface area contributed by atoms with Gasteiger partial charge in [-0.3, -0.25) is 9.59 Å². The third-order valence-electron chi connectivity index (χ3n) is 3.84. The Labute approximate surface area is 165 Å². The lowest BCUT2D eigenvalue weighted by Crippen LogP contribution is -2.25. The summed E-state index contributed by atoms with van der Waals surface area (Å²) in [6.45, 7) is 0.607. The first kappa shape index (κ1) is 18.9. The third-order valence-corrected chi connectivity index (χ3v) is 5.07. The number of aromatic nitrogens is 1. The predicted molar refractivity (Wildman–Crippen MR) is 107 cm³/mol. The fraction of sp³-hybridized carbons (Fsp3) is 0.105. The normalized spacial score (nSPS) is 10.4. The molecule has 0 bridgehead atoms. The number of nitrogen functional groups attached to an aromatic ring is 1. The molecule has 0 unspecified atom stereocenters. The second-order valence-corrected chi connectivity index (χ2v) is 6.90. The van der Waals surface area contributed by atoms with Gasteiger partial charge in [0, 0.05) is 18.1 Å². The van der Waals surface area contributed by atoms with E-state index in [0.29, 0.717) is 11.6 Å². The maximum Gasteiger partial charge on any atom is 0.273 e. The summed E-state index contributed by atoms with van der Waals surface area (Å²) >= 11 is 6.97. The first-order valence-corrected chi connectivity index (χ1v) is 9.30. The summed E-state index contributed by atoms with van der Waals surface area (Å²) in [6.07, 6.45) is 0. The number of hydrogen-bond acceptors (Lipinski definition) is 5. The van der Waals surface area contributed by atoms with Gasteiger partial charge >= 0.3 is 0 Å². The molecule has 0 fully saturated rings. The number of carbonyl (C=O) groups excluding carboxylic acids is 2. The number of amides is 2. The maximum atomic E-state index is 12.3. The molecule has 138 valence electrons. The molecular weight excluding hydrogens is 384 g/mol. The number of nitrogens with two attached hydrogens (primary N) is 1. The van der Waals surface area contributed by atoms with Crippen molar-refractivity contribution in [1.29, 1.82) is 0 Å². The third kappa shape index (κ3) is 4.64. The Morgan fingerprint density at radius 1 is 0.963 bits per heavy atom. The summed E-state index contributed by atoms with van der Waals surface area (Å²) in [4.78, 5) is 24.9. The summed E-state index contributed by atoms with van der Waals surface area (Å²) in [7, 11) is 0. The Kier molecular flexibility index (Phi) is 6.05. The monoisotopic (exact) mass is 400 g/mol. The Morgan fingerprint density at radius 3 is 2.37 bits per heavy atom. The number of carbonyl (C=O) groups is 2. The fourth-order valence-corrected chi connectivity index (χ4v) is 3.30. The molecule has 4 N–H and O–H groups in total. The van der Waals surface area contributed by atoms with E-state index in [1.54, 1.807) is 6.07 Å². The molecule has 3 aromatic rings. The second-order valence-electron chi connectivity index (χ2n) is 5.72. The molecule has 0 aliphatic heterocycles. The zero-order valence-electron chi connectivity index (χ0n) is 14.2. The molecule has 27 heavy (non-hydrogen) atoms. The first-order chi connectivity index (χ1) is 13.1. The number of nitrogens with one attached hydrogen (secondary N) is 2. The highest BCUT2D eigenvalue weighted by molar-refractivity contribution is 7.09.